The summed E-state index contributed by atoms with van der Waals surface area (Å²) in [6.07, 6.45) is 1.71. The molecular formula is C7H9N3. The van der Waals surface area contributed by atoms with Crippen molar-refractivity contribution in [3.05, 3.63) is 30.1 Å². The molecule has 0 spiro atoms. The molecule has 1 aromatic rings. The van der Waals surface area contributed by atoms with Gasteiger partial charge in [-0.25, -0.2) is 0 Å². The maximum absolute atomic E-state index is 5.05. The minimum atomic E-state index is 0.751. The van der Waals surface area contributed by atoms with Gasteiger partial charge in [0.25, 0.3) is 0 Å². The van der Waals surface area contributed by atoms with Crippen LogP contribution >= 0.6 is 0 Å². The van der Waals surface area contributed by atoms with Gasteiger partial charge < -0.3 is 5.84 Å². The molecule has 0 amide bonds. The highest BCUT2D eigenvalue weighted by molar-refractivity contribution is 5.96. The quantitative estimate of drug-likeness (QED) is 0.351. The van der Waals surface area contributed by atoms with Gasteiger partial charge in [-0.2, -0.15) is 5.10 Å². The third kappa shape index (κ3) is 1.31. The lowest BCUT2D eigenvalue weighted by Crippen LogP contribution is -2.00. The Bertz CT molecular complexity index is 228. The molecule has 0 aliphatic rings. The summed E-state index contributed by atoms with van der Waals surface area (Å²) in [4.78, 5) is 4.04. The van der Waals surface area contributed by atoms with E-state index in [9.17, 15) is 0 Å². The van der Waals surface area contributed by atoms with Crippen LogP contribution in [0.25, 0.3) is 0 Å². The Morgan fingerprint density at radius 3 is 2.90 bits per heavy atom. The Labute approximate surface area is 59.6 Å². The van der Waals surface area contributed by atoms with E-state index in [0.29, 0.717) is 0 Å². The van der Waals surface area contributed by atoms with Crippen LogP contribution in [0.5, 0.6) is 0 Å². The molecule has 2 N–H and O–H groups in total. The predicted molar refractivity (Wildman–Crippen MR) is 40.6 cm³/mol. The van der Waals surface area contributed by atoms with Gasteiger partial charge in [-0.3, -0.25) is 4.98 Å². The predicted octanol–water partition coefficient (Wildman–Crippen LogP) is 0.764. The van der Waals surface area contributed by atoms with Crippen molar-refractivity contribution in [1.82, 2.24) is 4.98 Å². The number of nitrogens with zero attached hydrogens (tertiary/aromatic N) is 2. The van der Waals surface area contributed by atoms with E-state index in [4.69, 9.17) is 5.84 Å². The van der Waals surface area contributed by atoms with Gasteiger partial charge in [0, 0.05) is 6.20 Å². The smallest absolute Gasteiger partial charge is 0.0859 e. The molecule has 0 atom stereocenters. The van der Waals surface area contributed by atoms with Gasteiger partial charge in [-0.1, -0.05) is 6.07 Å². The van der Waals surface area contributed by atoms with Crippen molar-refractivity contribution >= 4 is 5.71 Å². The SMILES string of the molecule is C/C(=N\N)c1ccccn1. The van der Waals surface area contributed by atoms with E-state index in [1.807, 2.05) is 25.1 Å². The first-order valence-corrected chi connectivity index (χ1v) is 3.00. The molecule has 0 saturated heterocycles. The second-order valence-corrected chi connectivity index (χ2v) is 1.93. The highest BCUT2D eigenvalue weighted by atomic mass is 15.1. The fourth-order valence-corrected chi connectivity index (χ4v) is 0.643. The monoisotopic (exact) mass is 135 g/mol. The normalized spacial score (nSPS) is 11.5. The Morgan fingerprint density at radius 1 is 1.60 bits per heavy atom. The largest absolute Gasteiger partial charge is 0.323 e. The van der Waals surface area contributed by atoms with Gasteiger partial charge in [0.2, 0.25) is 0 Å². The average Bonchev–Trinajstić information content (AvgIpc) is 2.05. The molecule has 1 aromatic heterocycles. The van der Waals surface area contributed by atoms with Crippen LogP contribution in [0.4, 0.5) is 0 Å². The summed E-state index contributed by atoms with van der Waals surface area (Å²) in [5.41, 5.74) is 1.57. The fourth-order valence-electron chi connectivity index (χ4n) is 0.643. The average molecular weight is 135 g/mol. The Morgan fingerprint density at radius 2 is 2.40 bits per heavy atom. The molecular weight excluding hydrogens is 126 g/mol. The lowest BCUT2D eigenvalue weighted by molar-refractivity contribution is 1.20. The number of nitrogens with two attached hydrogens (primary N) is 1. The van der Waals surface area contributed by atoms with Gasteiger partial charge >= 0.3 is 0 Å². The molecule has 0 bridgehead atoms. The van der Waals surface area contributed by atoms with Gasteiger partial charge in [-0.15, -0.1) is 0 Å². The number of rotatable bonds is 1. The molecule has 1 heterocycles. The van der Waals surface area contributed by atoms with E-state index < -0.39 is 0 Å². The standard InChI is InChI=1S/C7H9N3/c1-6(10-8)7-4-2-3-5-9-7/h2-5H,8H2,1H3/b10-6+. The summed E-state index contributed by atoms with van der Waals surface area (Å²) in [6, 6.07) is 5.62. The second kappa shape index (κ2) is 2.96. The molecule has 0 saturated carbocycles. The molecule has 0 aliphatic heterocycles. The second-order valence-electron chi connectivity index (χ2n) is 1.93. The van der Waals surface area contributed by atoms with Crippen LogP contribution < -0.4 is 5.84 Å². The van der Waals surface area contributed by atoms with E-state index in [1.165, 1.54) is 0 Å². The molecule has 10 heavy (non-hydrogen) atoms. The summed E-state index contributed by atoms with van der Waals surface area (Å²) >= 11 is 0. The maximum atomic E-state index is 5.05. The zero-order valence-corrected chi connectivity index (χ0v) is 5.78. The van der Waals surface area contributed by atoms with Crippen molar-refractivity contribution in [2.45, 2.75) is 6.92 Å². The summed E-state index contributed by atoms with van der Waals surface area (Å²) in [5.74, 6) is 5.05. The number of hydrogen-bond acceptors (Lipinski definition) is 3. The lowest BCUT2D eigenvalue weighted by atomic mass is 10.3. The molecule has 52 valence electrons. The summed E-state index contributed by atoms with van der Waals surface area (Å²) in [7, 11) is 0. The molecule has 3 heteroatoms. The first-order valence-electron chi connectivity index (χ1n) is 3.00. The van der Waals surface area contributed by atoms with Crippen molar-refractivity contribution in [2.75, 3.05) is 0 Å². The van der Waals surface area contributed by atoms with Crippen molar-refractivity contribution in [2.24, 2.45) is 10.9 Å². The Balaban J connectivity index is 2.96. The van der Waals surface area contributed by atoms with Crippen LogP contribution in [0.1, 0.15) is 12.6 Å². The Hall–Kier alpha value is -1.38. The molecule has 1 rings (SSSR count). The molecule has 0 unspecified atom stereocenters. The molecule has 3 nitrogen and oxygen atoms in total. The van der Waals surface area contributed by atoms with Crippen LogP contribution in [-0.4, -0.2) is 10.7 Å². The first kappa shape index (κ1) is 6.74. The van der Waals surface area contributed by atoms with Gasteiger partial charge in [0.05, 0.1) is 11.4 Å². The van der Waals surface area contributed by atoms with Crippen molar-refractivity contribution in [3.8, 4) is 0 Å². The highest BCUT2D eigenvalue weighted by Crippen LogP contribution is 1.93. The summed E-state index contributed by atoms with van der Waals surface area (Å²) in [6.45, 7) is 1.82. The first-order chi connectivity index (χ1) is 4.84. The summed E-state index contributed by atoms with van der Waals surface area (Å²) in [5, 5.41) is 3.51. The third-order valence-electron chi connectivity index (χ3n) is 1.23. The van der Waals surface area contributed by atoms with Crippen molar-refractivity contribution in [1.29, 1.82) is 0 Å². The van der Waals surface area contributed by atoms with Crippen molar-refractivity contribution < 1.29 is 0 Å². The number of aromatic nitrogens is 1. The van der Waals surface area contributed by atoms with Crippen LogP contribution in [-0.2, 0) is 0 Å². The van der Waals surface area contributed by atoms with Crippen LogP contribution in [0.3, 0.4) is 0 Å². The van der Waals surface area contributed by atoms with E-state index in [-0.39, 0.29) is 0 Å². The van der Waals surface area contributed by atoms with Gasteiger partial charge in [0.1, 0.15) is 0 Å². The molecule has 0 aromatic carbocycles. The van der Waals surface area contributed by atoms with Gasteiger partial charge in [-0.05, 0) is 19.1 Å². The number of hydrazone groups is 1. The zero-order chi connectivity index (χ0) is 7.40. The van der Waals surface area contributed by atoms with E-state index >= 15 is 0 Å². The van der Waals surface area contributed by atoms with Gasteiger partial charge in [0.15, 0.2) is 0 Å². The minimum absolute atomic E-state index is 0.751. The van der Waals surface area contributed by atoms with Crippen LogP contribution in [0, 0.1) is 0 Å². The highest BCUT2D eigenvalue weighted by Gasteiger charge is 1.93. The number of hydrogen-bond donors (Lipinski definition) is 1. The minimum Gasteiger partial charge on any atom is -0.323 e. The topological polar surface area (TPSA) is 51.3 Å². The molecule has 0 aliphatic carbocycles. The van der Waals surface area contributed by atoms with Crippen molar-refractivity contribution in [3.63, 3.8) is 0 Å². The number of pyridine rings is 1. The zero-order valence-electron chi connectivity index (χ0n) is 5.78. The summed E-state index contributed by atoms with van der Waals surface area (Å²) < 4.78 is 0. The molecule has 0 fully saturated rings. The lowest BCUT2D eigenvalue weighted by Gasteiger charge is -1.94. The van der Waals surface area contributed by atoms with E-state index in [2.05, 4.69) is 10.1 Å². The van der Waals surface area contributed by atoms with E-state index in [0.717, 1.165) is 11.4 Å². The van der Waals surface area contributed by atoms with Crippen LogP contribution in [0.2, 0.25) is 0 Å². The maximum Gasteiger partial charge on any atom is 0.0859 e. The van der Waals surface area contributed by atoms with Crippen LogP contribution in [0.15, 0.2) is 29.5 Å². The third-order valence-corrected chi connectivity index (χ3v) is 1.23. The van der Waals surface area contributed by atoms with E-state index in [1.54, 1.807) is 6.20 Å². The molecule has 0 radical (unpaired) electrons. The fraction of sp³-hybridized carbons (Fsp3) is 0.143. The Kier molecular flexibility index (Phi) is 1.99.